The highest BCUT2D eigenvalue weighted by Crippen LogP contribution is 2.56. The molecule has 4 aromatic carbocycles. The average Bonchev–Trinajstić information content (AvgIpc) is 2.95. The van der Waals surface area contributed by atoms with Crippen LogP contribution < -0.4 is 5.73 Å². The van der Waals surface area contributed by atoms with Gasteiger partial charge in [-0.1, -0.05) is 17.7 Å². The van der Waals surface area contributed by atoms with Crippen LogP contribution in [0.15, 0.2) is 95.8 Å². The van der Waals surface area contributed by atoms with Gasteiger partial charge < -0.3 is 24.5 Å². The molecule has 4 rings (SSSR count). The number of aromatic hydroxyl groups is 1. The van der Waals surface area contributed by atoms with Crippen LogP contribution in [0.2, 0.25) is 0 Å². The number of anilines is 1. The zero-order chi connectivity index (χ0) is 34.9. The fourth-order valence-electron chi connectivity index (χ4n) is 4.03. The Kier molecular flexibility index (Phi) is 10.0. The highest BCUT2D eigenvalue weighted by Gasteiger charge is 2.29. The summed E-state index contributed by atoms with van der Waals surface area (Å²) in [5.74, 6) is -1.67. The number of phenolic OH excluding ortho intramolecular Hbond substituents is 1. The van der Waals surface area contributed by atoms with E-state index in [1.807, 2.05) is 6.92 Å². The molecule has 22 heteroatoms. The molecule has 0 saturated heterocycles. The predicted octanol–water partition coefficient (Wildman–Crippen LogP) is 5.69. The van der Waals surface area contributed by atoms with Crippen molar-refractivity contribution in [3.63, 3.8) is 0 Å². The van der Waals surface area contributed by atoms with Crippen LogP contribution in [0.1, 0.15) is 5.56 Å². The smallest absolute Gasteiger partial charge is 0.397 e. The first-order valence-corrected chi connectivity index (χ1v) is 18.6. The van der Waals surface area contributed by atoms with Gasteiger partial charge in [0.1, 0.15) is 27.1 Å². The molecule has 0 unspecified atom stereocenters. The summed E-state index contributed by atoms with van der Waals surface area (Å²) in [6.45, 7) is 0.964. The van der Waals surface area contributed by atoms with Crippen molar-refractivity contribution < 1.29 is 57.3 Å². The van der Waals surface area contributed by atoms with Gasteiger partial charge in [-0.05, 0) is 60.8 Å². The number of hydrogen-bond acceptors (Lipinski definition) is 16. The lowest BCUT2D eigenvalue weighted by atomic mass is 10.1. The summed E-state index contributed by atoms with van der Waals surface area (Å²) in [7, 11) is -18.6. The summed E-state index contributed by atoms with van der Waals surface area (Å²) >= 11 is 0. The van der Waals surface area contributed by atoms with E-state index < -0.39 is 86.2 Å². The minimum absolute atomic E-state index is 0.0553. The van der Waals surface area contributed by atoms with Crippen molar-refractivity contribution in [2.45, 2.75) is 21.6 Å². The van der Waals surface area contributed by atoms with Gasteiger partial charge in [0.15, 0.2) is 15.6 Å². The van der Waals surface area contributed by atoms with Crippen molar-refractivity contribution in [3.8, 4) is 5.75 Å². The van der Waals surface area contributed by atoms with E-state index in [9.17, 15) is 48.6 Å². The molecule has 0 atom stereocenters. The number of azo groups is 2. The maximum atomic E-state index is 12.4. The molecule has 0 saturated carbocycles. The fourth-order valence-corrected chi connectivity index (χ4v) is 6.87. The highest BCUT2D eigenvalue weighted by atomic mass is 32.3. The third kappa shape index (κ3) is 8.63. The van der Waals surface area contributed by atoms with Gasteiger partial charge in [-0.15, -0.1) is 10.2 Å². The van der Waals surface area contributed by atoms with Crippen LogP contribution >= 0.6 is 10.9 Å². The molecule has 0 aliphatic rings. The van der Waals surface area contributed by atoms with Crippen molar-refractivity contribution in [2.24, 2.45) is 20.5 Å². The third-order valence-corrected chi connectivity index (χ3v) is 10.2. The van der Waals surface area contributed by atoms with E-state index in [-0.39, 0.29) is 27.0 Å². The Morgan fingerprint density at radius 2 is 1.23 bits per heavy atom. The molecule has 4 aromatic rings. The van der Waals surface area contributed by atoms with E-state index in [2.05, 4.69) is 24.6 Å². The first-order valence-electron chi connectivity index (χ1n) is 12.6. The van der Waals surface area contributed by atoms with E-state index in [0.717, 1.165) is 42.0 Å². The van der Waals surface area contributed by atoms with Gasteiger partial charge in [-0.2, -0.15) is 27.1 Å². The molecule has 0 aromatic heterocycles. The number of rotatable bonds is 11. The average molecular weight is 732 g/mol. The number of sulfone groups is 1. The molecular weight excluding hydrogens is 707 g/mol. The van der Waals surface area contributed by atoms with Crippen molar-refractivity contribution >= 4 is 80.4 Å². The van der Waals surface area contributed by atoms with Crippen molar-refractivity contribution in [1.29, 1.82) is 0 Å². The maximum absolute atomic E-state index is 12.4. The summed E-state index contributed by atoms with van der Waals surface area (Å²) in [4.78, 5) is -1.96. The van der Waals surface area contributed by atoms with E-state index >= 15 is 0 Å². The molecular formula is C25H25N5O13S4. The quantitative estimate of drug-likeness (QED) is 0.0554. The largest absolute Gasteiger partial charge is 0.505 e. The highest BCUT2D eigenvalue weighted by molar-refractivity contribution is 8.19. The number of phenols is 1. The van der Waals surface area contributed by atoms with Crippen molar-refractivity contribution in [3.05, 3.63) is 66.2 Å². The Balaban J connectivity index is 1.81. The van der Waals surface area contributed by atoms with Crippen LogP contribution in [-0.4, -0.2) is 65.5 Å². The van der Waals surface area contributed by atoms with Crippen LogP contribution in [0.5, 0.6) is 5.75 Å². The molecule has 0 radical (unpaired) electrons. The second-order valence-electron chi connectivity index (χ2n) is 9.60. The first-order chi connectivity index (χ1) is 21.7. The van der Waals surface area contributed by atoms with Crippen LogP contribution in [-0.2, 0) is 34.5 Å². The first kappa shape index (κ1) is 35.7. The van der Waals surface area contributed by atoms with Crippen molar-refractivity contribution in [2.75, 3.05) is 18.1 Å². The van der Waals surface area contributed by atoms with E-state index in [4.69, 9.17) is 10.3 Å². The molecule has 252 valence electrons. The van der Waals surface area contributed by atoms with E-state index in [1.165, 1.54) is 0 Å². The lowest BCUT2D eigenvalue weighted by molar-refractivity contribution is 0.284. The molecule has 0 aliphatic carbocycles. The zero-order valence-electron chi connectivity index (χ0n) is 23.7. The van der Waals surface area contributed by atoms with Crippen molar-refractivity contribution in [1.82, 2.24) is 0 Å². The Morgan fingerprint density at radius 3 is 1.74 bits per heavy atom. The Bertz CT molecular complexity index is 2240. The summed E-state index contributed by atoms with van der Waals surface area (Å²) < 4.78 is 123. The third-order valence-electron chi connectivity index (χ3n) is 6.23. The number of fused-ring (bicyclic) bond motifs is 1. The second kappa shape index (κ2) is 13.2. The lowest BCUT2D eigenvalue weighted by Crippen LogP contribution is -2.15. The van der Waals surface area contributed by atoms with Crippen LogP contribution in [0.25, 0.3) is 10.8 Å². The number of benzene rings is 4. The molecule has 0 aliphatic heterocycles. The van der Waals surface area contributed by atoms with Gasteiger partial charge in [0.05, 0.1) is 44.6 Å². The van der Waals surface area contributed by atoms with Gasteiger partial charge in [0.2, 0.25) is 0 Å². The van der Waals surface area contributed by atoms with Gasteiger partial charge in [-0.25, -0.2) is 12.6 Å². The minimum Gasteiger partial charge on any atom is -0.505 e. The maximum Gasteiger partial charge on any atom is 0.397 e. The van der Waals surface area contributed by atoms with Gasteiger partial charge in [0, 0.05) is 0 Å². The molecule has 0 bridgehead atoms. The fraction of sp³-hybridized carbons (Fsp3) is 0.120. The molecule has 0 heterocycles. The molecule has 0 amide bonds. The van der Waals surface area contributed by atoms with E-state index in [1.54, 1.807) is 24.3 Å². The number of nitrogens with two attached hydrogens (primary N) is 1. The molecule has 8 N–H and O–H groups in total. The molecule has 18 nitrogen and oxygen atoms in total. The topological polar surface area (TPSA) is 308 Å². The Labute approximate surface area is 269 Å². The second-order valence-corrected chi connectivity index (χ2v) is 15.7. The van der Waals surface area contributed by atoms with Crippen LogP contribution in [0, 0.1) is 6.92 Å². The lowest BCUT2D eigenvalue weighted by Gasteiger charge is -2.22. The van der Waals surface area contributed by atoms with Crippen LogP contribution in [0.4, 0.5) is 28.4 Å². The Hall–Kier alpha value is -4.10. The van der Waals surface area contributed by atoms with Gasteiger partial charge in [0.25, 0.3) is 10.1 Å². The summed E-state index contributed by atoms with van der Waals surface area (Å²) in [6, 6.07) is 12.6. The van der Waals surface area contributed by atoms with Crippen LogP contribution in [0.3, 0.4) is 0 Å². The summed E-state index contributed by atoms with van der Waals surface area (Å²) in [6.07, 6.45) is 0. The zero-order valence-corrected chi connectivity index (χ0v) is 27.0. The molecule has 0 fully saturated rings. The monoisotopic (exact) mass is 731 g/mol. The summed E-state index contributed by atoms with van der Waals surface area (Å²) in [5, 5.41) is 25.9. The number of aryl methyl sites for hydroxylation is 1. The van der Waals surface area contributed by atoms with E-state index in [0.29, 0.717) is 0 Å². The summed E-state index contributed by atoms with van der Waals surface area (Å²) in [5.41, 5.74) is 5.43. The predicted molar refractivity (Wildman–Crippen MR) is 169 cm³/mol. The molecule has 0 spiro atoms. The SMILES string of the molecule is Cc1ccc(N=Nc2c(S(O)(O)O)cc3cc(S(=O)(=O)O)c(N=Nc4ccc(S(=O)(=O)CCOS(=O)(=O)O)cc4)c(N)c3c2O)cc1. The Morgan fingerprint density at radius 1 is 0.723 bits per heavy atom. The normalized spacial score (nSPS) is 13.6. The molecule has 47 heavy (non-hydrogen) atoms. The number of nitrogens with zero attached hydrogens (tertiary/aromatic N) is 4. The number of nitrogen functional groups attached to an aromatic ring is 1. The van der Waals surface area contributed by atoms with Gasteiger partial charge >= 0.3 is 10.4 Å². The minimum atomic E-state index is -5.11. The van der Waals surface area contributed by atoms with Gasteiger partial charge in [-0.3, -0.25) is 9.11 Å². The standard InChI is InChI=1S/C25H25N5O13S4/c1-14-2-4-16(5-3-14)28-30-24-20(46(37,38)39)13-15-12-19(45(34,35)36)23(22(26)21(15)25(24)31)29-27-17-6-8-18(9-7-17)44(32,33)11-10-43-47(40,41)42/h2-9,12-13,31,37-39H,10-11,26H2,1H3,(H,34,35,36)(H,40,41,42). The number of hydrogen-bond donors (Lipinski definition) is 7.